The van der Waals surface area contributed by atoms with E-state index < -0.39 is 5.54 Å². The third-order valence-electron chi connectivity index (χ3n) is 3.78. The largest absolute Gasteiger partial charge is 0.494 e. The zero-order valence-corrected chi connectivity index (χ0v) is 10.8. The zero-order chi connectivity index (χ0) is 13.6. The molecule has 0 bridgehead atoms. The van der Waals surface area contributed by atoms with Crippen LogP contribution in [0.1, 0.15) is 11.1 Å². The Bertz CT molecular complexity index is 664. The molecule has 4 heteroatoms. The Balaban J connectivity index is 2.00. The van der Waals surface area contributed by atoms with Gasteiger partial charge in [-0.2, -0.15) is 0 Å². The van der Waals surface area contributed by atoms with E-state index in [0.717, 1.165) is 22.6 Å². The highest BCUT2D eigenvalue weighted by atomic mass is 16.5. The number of ether oxygens (including phenoxy) is 2. The van der Waals surface area contributed by atoms with E-state index >= 15 is 0 Å². The molecule has 2 aromatic carbocycles. The van der Waals surface area contributed by atoms with Gasteiger partial charge in [0, 0.05) is 11.1 Å². The second-order valence-electron chi connectivity index (χ2n) is 5.01. The highest BCUT2D eigenvalue weighted by Crippen LogP contribution is 2.47. The topological polar surface area (TPSA) is 56.5 Å². The molecule has 0 aliphatic carbocycles. The molecule has 2 aromatic rings. The summed E-state index contributed by atoms with van der Waals surface area (Å²) in [6.45, 7) is 0.477. The molecule has 1 spiro atoms. The summed E-state index contributed by atoms with van der Waals surface area (Å²) in [5.74, 6) is 2.18. The van der Waals surface area contributed by atoms with E-state index in [0.29, 0.717) is 12.4 Å². The van der Waals surface area contributed by atoms with E-state index in [9.17, 15) is 0 Å². The van der Waals surface area contributed by atoms with Gasteiger partial charge in [-0.05, 0) is 12.1 Å². The van der Waals surface area contributed by atoms with Crippen molar-refractivity contribution >= 4 is 0 Å². The van der Waals surface area contributed by atoms with Crippen LogP contribution in [0, 0.1) is 0 Å². The molecule has 0 radical (unpaired) electrons. The minimum absolute atomic E-state index is 0.477. The maximum Gasteiger partial charge on any atom is 0.133 e. The summed E-state index contributed by atoms with van der Waals surface area (Å²) in [7, 11) is 0. The molecule has 4 nitrogen and oxygen atoms in total. The number of nitrogens with one attached hydrogen (secondary N) is 1. The number of nitrogens with two attached hydrogens (primary N) is 1. The quantitative estimate of drug-likeness (QED) is 0.769. The van der Waals surface area contributed by atoms with Gasteiger partial charge in [0.05, 0.1) is 0 Å². The molecule has 0 unspecified atom stereocenters. The average Bonchev–Trinajstić information content (AvgIpc) is 2.48. The predicted octanol–water partition coefficient (Wildman–Crippen LogP) is 2.41. The smallest absolute Gasteiger partial charge is 0.133 e. The normalized spacial score (nSPS) is 17.9. The average molecular weight is 266 g/mol. The van der Waals surface area contributed by atoms with Gasteiger partial charge < -0.3 is 20.5 Å². The molecular weight excluding hydrogens is 252 g/mol. The van der Waals surface area contributed by atoms with Crippen LogP contribution in [0.5, 0.6) is 11.5 Å². The molecule has 3 N–H and O–H groups in total. The fraction of sp³-hybridized carbons (Fsp3) is 0.125. The van der Waals surface area contributed by atoms with Crippen LogP contribution in [0.15, 0.2) is 60.6 Å². The Hall–Kier alpha value is -2.62. The Labute approximate surface area is 116 Å². The maximum absolute atomic E-state index is 5.98. The van der Waals surface area contributed by atoms with E-state index in [1.54, 1.807) is 6.26 Å². The van der Waals surface area contributed by atoms with Crippen LogP contribution in [0.25, 0.3) is 0 Å². The summed E-state index contributed by atoms with van der Waals surface area (Å²) in [5, 5.41) is 3.38. The Morgan fingerprint density at radius 2 is 1.55 bits per heavy atom. The number of hydrogen-bond acceptors (Lipinski definition) is 4. The number of hydrogen-bond donors (Lipinski definition) is 2. The lowest BCUT2D eigenvalue weighted by molar-refractivity contribution is 0.137. The molecule has 0 fully saturated rings. The van der Waals surface area contributed by atoms with E-state index in [4.69, 9.17) is 15.2 Å². The zero-order valence-electron chi connectivity index (χ0n) is 10.8. The summed E-state index contributed by atoms with van der Waals surface area (Å²) in [6.07, 6.45) is 1.55. The molecule has 0 saturated heterocycles. The number of benzene rings is 2. The van der Waals surface area contributed by atoms with Gasteiger partial charge >= 0.3 is 0 Å². The molecule has 0 atom stereocenters. The molecular formula is C16H14N2O2. The molecule has 0 aromatic heterocycles. The number of para-hydroxylation sites is 2. The third kappa shape index (κ3) is 1.42. The highest BCUT2D eigenvalue weighted by molar-refractivity contribution is 5.57. The number of rotatable bonds is 0. The van der Waals surface area contributed by atoms with E-state index in [-0.39, 0.29) is 0 Å². The van der Waals surface area contributed by atoms with Gasteiger partial charge in [0.2, 0.25) is 0 Å². The number of fused-ring (bicyclic) bond motifs is 4. The summed E-state index contributed by atoms with van der Waals surface area (Å²) < 4.78 is 11.6. The van der Waals surface area contributed by atoms with Crippen molar-refractivity contribution in [2.45, 2.75) is 5.54 Å². The fourth-order valence-electron chi connectivity index (χ4n) is 2.94. The van der Waals surface area contributed by atoms with Crippen LogP contribution in [0.3, 0.4) is 0 Å². The maximum atomic E-state index is 5.98. The Morgan fingerprint density at radius 3 is 2.15 bits per heavy atom. The van der Waals surface area contributed by atoms with E-state index in [1.165, 1.54) is 0 Å². The van der Waals surface area contributed by atoms with Gasteiger partial charge in [-0.15, -0.1) is 0 Å². The van der Waals surface area contributed by atoms with E-state index in [2.05, 4.69) is 5.32 Å². The van der Waals surface area contributed by atoms with Crippen molar-refractivity contribution in [1.29, 1.82) is 0 Å². The lowest BCUT2D eigenvalue weighted by atomic mass is 9.80. The fourth-order valence-corrected chi connectivity index (χ4v) is 2.94. The van der Waals surface area contributed by atoms with E-state index in [1.807, 2.05) is 48.5 Å². The monoisotopic (exact) mass is 266 g/mol. The first-order valence-corrected chi connectivity index (χ1v) is 6.52. The van der Waals surface area contributed by atoms with Crippen molar-refractivity contribution in [3.05, 3.63) is 71.7 Å². The summed E-state index contributed by atoms with van der Waals surface area (Å²) in [5.41, 5.74) is 7.52. The Morgan fingerprint density at radius 1 is 0.950 bits per heavy atom. The van der Waals surface area contributed by atoms with Gasteiger partial charge in [0.1, 0.15) is 35.7 Å². The second kappa shape index (κ2) is 3.93. The lowest BCUT2D eigenvalue weighted by Gasteiger charge is -2.42. The van der Waals surface area contributed by atoms with Crippen LogP contribution in [0.4, 0.5) is 0 Å². The van der Waals surface area contributed by atoms with Gasteiger partial charge in [0.15, 0.2) is 0 Å². The summed E-state index contributed by atoms with van der Waals surface area (Å²) >= 11 is 0. The molecule has 20 heavy (non-hydrogen) atoms. The molecule has 4 rings (SSSR count). The molecule has 0 saturated carbocycles. The minimum Gasteiger partial charge on any atom is -0.494 e. The van der Waals surface area contributed by atoms with Crippen molar-refractivity contribution in [1.82, 2.24) is 5.32 Å². The predicted molar refractivity (Wildman–Crippen MR) is 75.1 cm³/mol. The molecule has 0 amide bonds. The standard InChI is InChI=1S/C16H14N2O2/c17-15-9-19-10-16(18-15)11-5-1-3-7-13(11)20-14-8-4-2-6-12(14)16/h1-9,18H,10,17H2. The Kier molecular flexibility index (Phi) is 2.21. The van der Waals surface area contributed by atoms with Gasteiger partial charge in [-0.25, -0.2) is 0 Å². The first kappa shape index (κ1) is 11.2. The van der Waals surface area contributed by atoms with Crippen LogP contribution >= 0.6 is 0 Å². The van der Waals surface area contributed by atoms with Crippen LogP contribution < -0.4 is 15.8 Å². The van der Waals surface area contributed by atoms with Crippen LogP contribution in [-0.4, -0.2) is 6.61 Å². The highest BCUT2D eigenvalue weighted by Gasteiger charge is 2.44. The third-order valence-corrected chi connectivity index (χ3v) is 3.78. The van der Waals surface area contributed by atoms with Gasteiger partial charge in [-0.1, -0.05) is 36.4 Å². The SMILES string of the molecule is NC1=COCC2(N1)c1ccccc1Oc1ccccc12. The molecule has 2 heterocycles. The van der Waals surface area contributed by atoms with Crippen molar-refractivity contribution < 1.29 is 9.47 Å². The molecule has 2 aliphatic rings. The second-order valence-corrected chi connectivity index (χ2v) is 5.01. The minimum atomic E-state index is -0.496. The lowest BCUT2D eigenvalue weighted by Crippen LogP contribution is -2.51. The molecule has 100 valence electrons. The van der Waals surface area contributed by atoms with Crippen LogP contribution in [-0.2, 0) is 10.3 Å². The van der Waals surface area contributed by atoms with Crippen molar-refractivity contribution in [3.63, 3.8) is 0 Å². The first-order chi connectivity index (χ1) is 9.79. The van der Waals surface area contributed by atoms with Crippen molar-refractivity contribution in [3.8, 4) is 11.5 Å². The van der Waals surface area contributed by atoms with Crippen molar-refractivity contribution in [2.75, 3.05) is 6.61 Å². The van der Waals surface area contributed by atoms with Crippen molar-refractivity contribution in [2.24, 2.45) is 5.73 Å². The van der Waals surface area contributed by atoms with Crippen LogP contribution in [0.2, 0.25) is 0 Å². The van der Waals surface area contributed by atoms with Gasteiger partial charge in [-0.3, -0.25) is 0 Å². The summed E-state index contributed by atoms with van der Waals surface area (Å²) in [4.78, 5) is 0. The molecule has 2 aliphatic heterocycles. The first-order valence-electron chi connectivity index (χ1n) is 6.52. The van der Waals surface area contributed by atoms with Gasteiger partial charge in [0.25, 0.3) is 0 Å². The summed E-state index contributed by atoms with van der Waals surface area (Å²) in [6, 6.07) is 15.9.